The van der Waals surface area contributed by atoms with Gasteiger partial charge in [-0.25, -0.2) is 4.79 Å². The maximum absolute atomic E-state index is 12.6. The molecule has 0 aliphatic carbocycles. The standard InChI is InChI=1S/C27H38O9Si/c1-27(2,3)37(4,5)34-17-32-16-21-22(28)23(29)24(26(31)35-21)36-25(30)19-11-13-20(14-12-19)33-15-18-9-7-6-8-10-18/h6-14,21-24,26,28-29,31H,15-17H2,1-5H3/t21-,22+,23+,24-,26+/m1/s1. The summed E-state index contributed by atoms with van der Waals surface area (Å²) in [6.07, 6.45) is -7.16. The van der Waals surface area contributed by atoms with Gasteiger partial charge in [0.1, 0.15) is 37.5 Å². The third-order valence-electron chi connectivity index (χ3n) is 6.84. The Hall–Kier alpha value is -2.31. The number of rotatable bonds is 10. The van der Waals surface area contributed by atoms with E-state index in [4.69, 9.17) is 23.4 Å². The average Bonchev–Trinajstić information content (AvgIpc) is 2.86. The summed E-state index contributed by atoms with van der Waals surface area (Å²) >= 11 is 0. The molecule has 0 saturated carbocycles. The molecule has 1 aliphatic rings. The van der Waals surface area contributed by atoms with Crippen LogP contribution in [0.3, 0.4) is 0 Å². The highest BCUT2D eigenvalue weighted by Gasteiger charge is 2.46. The van der Waals surface area contributed by atoms with Crippen molar-refractivity contribution in [3.05, 3.63) is 65.7 Å². The number of carbonyl (C=O) groups is 1. The van der Waals surface area contributed by atoms with E-state index in [1.165, 1.54) is 12.1 Å². The molecule has 10 heteroatoms. The quantitative estimate of drug-likeness (QED) is 0.182. The summed E-state index contributed by atoms with van der Waals surface area (Å²) in [5.74, 6) is -0.219. The lowest BCUT2D eigenvalue weighted by Gasteiger charge is -2.40. The molecule has 5 atom stereocenters. The smallest absolute Gasteiger partial charge is 0.338 e. The normalized spacial score (nSPS) is 24.5. The predicted octanol–water partition coefficient (Wildman–Crippen LogP) is 3.23. The van der Waals surface area contributed by atoms with Crippen LogP contribution in [0, 0.1) is 0 Å². The van der Waals surface area contributed by atoms with Gasteiger partial charge in [0.2, 0.25) is 0 Å². The Morgan fingerprint density at radius 3 is 2.24 bits per heavy atom. The van der Waals surface area contributed by atoms with Gasteiger partial charge in [0.05, 0.1) is 12.2 Å². The molecule has 3 N–H and O–H groups in total. The minimum absolute atomic E-state index is 0.00125. The first-order valence-electron chi connectivity index (χ1n) is 12.3. The zero-order chi connectivity index (χ0) is 27.2. The van der Waals surface area contributed by atoms with E-state index in [-0.39, 0.29) is 24.0 Å². The maximum Gasteiger partial charge on any atom is 0.338 e. The first-order chi connectivity index (χ1) is 17.4. The molecule has 0 amide bonds. The van der Waals surface area contributed by atoms with Gasteiger partial charge in [-0.15, -0.1) is 0 Å². The summed E-state index contributed by atoms with van der Waals surface area (Å²) in [6, 6.07) is 15.9. The van der Waals surface area contributed by atoms with E-state index in [9.17, 15) is 20.1 Å². The largest absolute Gasteiger partial charge is 0.489 e. The van der Waals surface area contributed by atoms with Crippen molar-refractivity contribution in [2.24, 2.45) is 0 Å². The predicted molar refractivity (Wildman–Crippen MR) is 138 cm³/mol. The van der Waals surface area contributed by atoms with Crippen molar-refractivity contribution in [2.75, 3.05) is 13.4 Å². The van der Waals surface area contributed by atoms with Gasteiger partial charge in [0.15, 0.2) is 20.7 Å². The molecule has 1 heterocycles. The van der Waals surface area contributed by atoms with Crippen molar-refractivity contribution in [2.45, 2.75) is 76.2 Å². The third-order valence-corrected chi connectivity index (χ3v) is 11.3. The molecule has 0 aromatic heterocycles. The summed E-state index contributed by atoms with van der Waals surface area (Å²) in [6.45, 7) is 10.8. The van der Waals surface area contributed by atoms with Crippen LogP contribution in [0.15, 0.2) is 54.6 Å². The Labute approximate surface area is 219 Å². The lowest BCUT2D eigenvalue weighted by atomic mass is 9.99. The summed E-state index contributed by atoms with van der Waals surface area (Å²) in [4.78, 5) is 12.6. The molecule has 0 spiro atoms. The van der Waals surface area contributed by atoms with Crippen molar-refractivity contribution in [1.82, 2.24) is 0 Å². The minimum atomic E-state index is -2.01. The highest BCUT2D eigenvalue weighted by atomic mass is 28.4. The van der Waals surface area contributed by atoms with Gasteiger partial charge < -0.3 is 38.7 Å². The Balaban J connectivity index is 1.48. The zero-order valence-corrected chi connectivity index (χ0v) is 23.0. The van der Waals surface area contributed by atoms with Crippen molar-refractivity contribution < 1.29 is 43.5 Å². The van der Waals surface area contributed by atoms with Crippen LogP contribution in [0.25, 0.3) is 0 Å². The molecule has 2 aromatic rings. The number of esters is 1. The number of carbonyl (C=O) groups excluding carboxylic acids is 1. The van der Waals surface area contributed by atoms with Crippen LogP contribution in [0.4, 0.5) is 0 Å². The van der Waals surface area contributed by atoms with Gasteiger partial charge in [-0.05, 0) is 48.0 Å². The van der Waals surface area contributed by atoms with Crippen LogP contribution < -0.4 is 4.74 Å². The van der Waals surface area contributed by atoms with Crippen LogP contribution in [0.5, 0.6) is 5.75 Å². The van der Waals surface area contributed by atoms with E-state index < -0.39 is 45.0 Å². The number of ether oxygens (including phenoxy) is 4. The molecule has 9 nitrogen and oxygen atoms in total. The molecule has 204 valence electrons. The van der Waals surface area contributed by atoms with Gasteiger partial charge in [0, 0.05) is 0 Å². The molecule has 2 aromatic carbocycles. The van der Waals surface area contributed by atoms with E-state index in [0.29, 0.717) is 12.4 Å². The zero-order valence-electron chi connectivity index (χ0n) is 22.0. The van der Waals surface area contributed by atoms with E-state index in [2.05, 4.69) is 33.9 Å². The van der Waals surface area contributed by atoms with Gasteiger partial charge in [0.25, 0.3) is 0 Å². The summed E-state index contributed by atoms with van der Waals surface area (Å²) in [7, 11) is -2.01. The first kappa shape index (κ1) is 29.2. The molecular weight excluding hydrogens is 496 g/mol. The second kappa shape index (κ2) is 12.5. The number of benzene rings is 2. The van der Waals surface area contributed by atoms with Crippen LogP contribution in [-0.2, 0) is 25.2 Å². The molecular formula is C27H38O9Si. The molecule has 1 fully saturated rings. The SMILES string of the molecule is CC(C)(C)[Si](C)(C)OCOC[C@H]1O[C@H](O)[C@H](OC(=O)c2ccc(OCc3ccccc3)cc2)[C@@H](O)[C@H]1O. The van der Waals surface area contributed by atoms with E-state index in [1.54, 1.807) is 12.1 Å². The average molecular weight is 535 g/mol. The Kier molecular flexibility index (Phi) is 9.87. The molecule has 1 aliphatic heterocycles. The summed E-state index contributed by atoms with van der Waals surface area (Å²) in [5, 5.41) is 31.4. The summed E-state index contributed by atoms with van der Waals surface area (Å²) in [5.41, 5.74) is 1.20. The van der Waals surface area contributed by atoms with Crippen LogP contribution in [0.1, 0.15) is 36.7 Å². The number of aliphatic hydroxyl groups is 3. The number of hydrogen-bond acceptors (Lipinski definition) is 9. The van der Waals surface area contributed by atoms with E-state index in [1.807, 2.05) is 30.3 Å². The maximum atomic E-state index is 12.6. The molecule has 0 unspecified atom stereocenters. The van der Waals surface area contributed by atoms with Crippen LogP contribution in [0.2, 0.25) is 18.1 Å². The molecule has 37 heavy (non-hydrogen) atoms. The molecule has 0 radical (unpaired) electrons. The third kappa shape index (κ3) is 7.84. The first-order valence-corrected chi connectivity index (χ1v) is 15.2. The monoisotopic (exact) mass is 534 g/mol. The fourth-order valence-corrected chi connectivity index (χ4v) is 4.19. The van der Waals surface area contributed by atoms with E-state index >= 15 is 0 Å². The highest BCUT2D eigenvalue weighted by molar-refractivity contribution is 6.74. The lowest BCUT2D eigenvalue weighted by molar-refractivity contribution is -0.289. The van der Waals surface area contributed by atoms with Crippen molar-refractivity contribution >= 4 is 14.3 Å². The Morgan fingerprint density at radius 1 is 0.973 bits per heavy atom. The van der Waals surface area contributed by atoms with E-state index in [0.717, 1.165) is 5.56 Å². The van der Waals surface area contributed by atoms with Crippen molar-refractivity contribution in [3.8, 4) is 5.75 Å². The van der Waals surface area contributed by atoms with Crippen LogP contribution >= 0.6 is 0 Å². The minimum Gasteiger partial charge on any atom is -0.489 e. The fourth-order valence-electron chi connectivity index (χ4n) is 3.38. The Morgan fingerprint density at radius 2 is 1.62 bits per heavy atom. The molecule has 1 saturated heterocycles. The van der Waals surface area contributed by atoms with Crippen LogP contribution in [-0.4, -0.2) is 73.7 Å². The van der Waals surface area contributed by atoms with Gasteiger partial charge >= 0.3 is 5.97 Å². The fraction of sp³-hybridized carbons (Fsp3) is 0.519. The van der Waals surface area contributed by atoms with Crippen molar-refractivity contribution in [3.63, 3.8) is 0 Å². The summed E-state index contributed by atoms with van der Waals surface area (Å²) < 4.78 is 27.8. The van der Waals surface area contributed by atoms with Crippen molar-refractivity contribution in [1.29, 1.82) is 0 Å². The highest BCUT2D eigenvalue weighted by Crippen LogP contribution is 2.36. The second-order valence-corrected chi connectivity index (χ2v) is 15.4. The number of aliphatic hydroxyl groups excluding tert-OH is 3. The Bertz CT molecular complexity index is 991. The number of hydrogen-bond donors (Lipinski definition) is 3. The molecule has 0 bridgehead atoms. The topological polar surface area (TPSA) is 124 Å². The van der Waals surface area contributed by atoms with Gasteiger partial charge in [-0.3, -0.25) is 0 Å². The second-order valence-electron chi connectivity index (χ2n) is 10.6. The lowest BCUT2D eigenvalue weighted by Crippen LogP contribution is -2.60. The van der Waals surface area contributed by atoms with Gasteiger partial charge in [-0.1, -0.05) is 51.1 Å². The van der Waals surface area contributed by atoms with Gasteiger partial charge in [-0.2, -0.15) is 0 Å². The molecule has 3 rings (SSSR count).